The second kappa shape index (κ2) is 8.45. The third-order valence-electron chi connectivity index (χ3n) is 4.41. The van der Waals surface area contributed by atoms with E-state index >= 15 is 0 Å². The van der Waals surface area contributed by atoms with E-state index in [4.69, 9.17) is 0 Å². The molecule has 2 unspecified atom stereocenters. The molecule has 1 fully saturated rings. The Hall–Kier alpha value is -1.40. The zero-order valence-corrected chi connectivity index (χ0v) is 14.6. The van der Waals surface area contributed by atoms with Gasteiger partial charge in [0.1, 0.15) is 6.04 Å². The zero-order chi connectivity index (χ0) is 16.8. The van der Waals surface area contributed by atoms with E-state index in [-0.39, 0.29) is 30.2 Å². The molecule has 0 saturated heterocycles. The molecule has 0 radical (unpaired) electrons. The van der Waals surface area contributed by atoms with Crippen molar-refractivity contribution in [3.05, 3.63) is 22.4 Å². The van der Waals surface area contributed by atoms with E-state index in [1.807, 2.05) is 25.3 Å². The van der Waals surface area contributed by atoms with Crippen LogP contribution in [-0.4, -0.2) is 35.6 Å². The number of thiophene rings is 1. The number of hydrogen-bond donors (Lipinski definition) is 3. The van der Waals surface area contributed by atoms with Gasteiger partial charge in [-0.3, -0.25) is 9.59 Å². The van der Waals surface area contributed by atoms with Crippen LogP contribution in [0.1, 0.15) is 49.2 Å². The minimum absolute atomic E-state index is 0.0254. The predicted octanol–water partition coefficient (Wildman–Crippen LogP) is 2.17. The van der Waals surface area contributed by atoms with Crippen molar-refractivity contribution in [2.75, 3.05) is 6.54 Å². The van der Waals surface area contributed by atoms with Crippen molar-refractivity contribution in [3.63, 3.8) is 0 Å². The monoisotopic (exact) mass is 338 g/mol. The molecular weight excluding hydrogens is 312 g/mol. The van der Waals surface area contributed by atoms with Gasteiger partial charge in [-0.2, -0.15) is 0 Å². The van der Waals surface area contributed by atoms with Gasteiger partial charge in [0.05, 0.1) is 11.0 Å². The van der Waals surface area contributed by atoms with Gasteiger partial charge in [0, 0.05) is 6.54 Å². The fourth-order valence-electron chi connectivity index (χ4n) is 2.98. The van der Waals surface area contributed by atoms with Crippen LogP contribution in [0, 0.1) is 11.8 Å². The molecule has 1 aromatic heterocycles. The van der Waals surface area contributed by atoms with Crippen LogP contribution in [0.3, 0.4) is 0 Å². The van der Waals surface area contributed by atoms with Crippen molar-refractivity contribution in [1.29, 1.82) is 0 Å². The predicted molar refractivity (Wildman–Crippen MR) is 91.4 cm³/mol. The van der Waals surface area contributed by atoms with Crippen LogP contribution in [0.2, 0.25) is 0 Å². The van der Waals surface area contributed by atoms with Crippen molar-refractivity contribution >= 4 is 23.2 Å². The summed E-state index contributed by atoms with van der Waals surface area (Å²) in [6.07, 6.45) is 3.87. The number of carbonyl (C=O) groups excluding carboxylic acids is 2. The Morgan fingerprint density at radius 3 is 2.61 bits per heavy atom. The second-order valence-corrected chi connectivity index (χ2v) is 7.48. The molecule has 0 aliphatic heterocycles. The average Bonchev–Trinajstić information content (AvgIpc) is 3.22. The molecule has 23 heavy (non-hydrogen) atoms. The molecule has 1 aliphatic rings. The van der Waals surface area contributed by atoms with Crippen LogP contribution in [0.15, 0.2) is 17.5 Å². The van der Waals surface area contributed by atoms with E-state index in [0.717, 1.165) is 25.7 Å². The molecule has 1 aliphatic carbocycles. The van der Waals surface area contributed by atoms with Crippen LogP contribution in [-0.2, 0) is 4.79 Å². The van der Waals surface area contributed by atoms with Crippen molar-refractivity contribution in [2.45, 2.75) is 51.7 Å². The summed E-state index contributed by atoms with van der Waals surface area (Å²) in [6, 6.07) is 2.95. The first-order valence-electron chi connectivity index (χ1n) is 8.29. The summed E-state index contributed by atoms with van der Waals surface area (Å²) in [6.45, 7) is 4.04. The quantitative estimate of drug-likeness (QED) is 0.713. The lowest BCUT2D eigenvalue weighted by Crippen LogP contribution is -2.51. The molecule has 128 valence electrons. The number of nitrogens with one attached hydrogen (secondary N) is 2. The average molecular weight is 338 g/mol. The molecular formula is C17H26N2O3S. The number of rotatable bonds is 7. The smallest absolute Gasteiger partial charge is 0.262 e. The van der Waals surface area contributed by atoms with E-state index in [9.17, 15) is 14.7 Å². The Labute approximate surface area is 141 Å². The van der Waals surface area contributed by atoms with Gasteiger partial charge in [0.15, 0.2) is 0 Å². The van der Waals surface area contributed by atoms with E-state index in [1.165, 1.54) is 11.3 Å². The van der Waals surface area contributed by atoms with Gasteiger partial charge in [-0.05, 0) is 36.1 Å². The number of hydrogen-bond acceptors (Lipinski definition) is 4. The molecule has 1 aromatic rings. The van der Waals surface area contributed by atoms with Gasteiger partial charge >= 0.3 is 0 Å². The van der Waals surface area contributed by atoms with Gasteiger partial charge < -0.3 is 15.7 Å². The third-order valence-corrected chi connectivity index (χ3v) is 5.28. The molecule has 0 aromatic carbocycles. The second-order valence-electron chi connectivity index (χ2n) is 6.53. The third kappa shape index (κ3) is 5.04. The molecule has 2 atom stereocenters. The Balaban J connectivity index is 1.86. The van der Waals surface area contributed by atoms with Crippen molar-refractivity contribution in [1.82, 2.24) is 10.6 Å². The molecule has 3 N–H and O–H groups in total. The van der Waals surface area contributed by atoms with Crippen LogP contribution in [0.5, 0.6) is 0 Å². The fraction of sp³-hybridized carbons (Fsp3) is 0.647. The minimum atomic E-state index is -0.597. The molecule has 2 rings (SSSR count). The molecule has 6 heteroatoms. The zero-order valence-electron chi connectivity index (χ0n) is 13.7. The molecule has 1 saturated carbocycles. The van der Waals surface area contributed by atoms with E-state index in [2.05, 4.69) is 10.6 Å². The van der Waals surface area contributed by atoms with Gasteiger partial charge in [-0.25, -0.2) is 0 Å². The minimum Gasteiger partial charge on any atom is -0.391 e. The van der Waals surface area contributed by atoms with Crippen LogP contribution in [0.25, 0.3) is 0 Å². The van der Waals surface area contributed by atoms with E-state index in [1.54, 1.807) is 6.07 Å². The Bertz CT molecular complexity index is 510. The molecule has 5 nitrogen and oxygen atoms in total. The highest BCUT2D eigenvalue weighted by molar-refractivity contribution is 7.12. The number of aliphatic hydroxyl groups is 1. The van der Waals surface area contributed by atoms with Crippen LogP contribution >= 0.6 is 11.3 Å². The summed E-state index contributed by atoms with van der Waals surface area (Å²) >= 11 is 1.35. The van der Waals surface area contributed by atoms with Crippen molar-refractivity contribution < 1.29 is 14.7 Å². The van der Waals surface area contributed by atoms with E-state index in [0.29, 0.717) is 4.88 Å². The summed E-state index contributed by atoms with van der Waals surface area (Å²) < 4.78 is 0. The molecule has 2 amide bonds. The highest BCUT2D eigenvalue weighted by Crippen LogP contribution is 2.27. The number of aliphatic hydroxyl groups excluding tert-OH is 1. The maximum absolute atomic E-state index is 12.4. The van der Waals surface area contributed by atoms with Crippen molar-refractivity contribution in [2.24, 2.45) is 11.8 Å². The Morgan fingerprint density at radius 1 is 1.35 bits per heavy atom. The molecule has 1 heterocycles. The van der Waals surface area contributed by atoms with Crippen LogP contribution in [0.4, 0.5) is 0 Å². The highest BCUT2D eigenvalue weighted by atomic mass is 32.1. The standard InChI is InChI=1S/C17H26N2O3S/c1-11(2)15(19-16(21)14-8-5-9-23-14)17(22)18-10-13(20)12-6-3-4-7-12/h5,8-9,11-13,15,20H,3-4,6-7,10H2,1-2H3,(H,18,22)(H,19,21). The first-order chi connectivity index (χ1) is 11.0. The lowest BCUT2D eigenvalue weighted by Gasteiger charge is -2.23. The maximum atomic E-state index is 12.4. The topological polar surface area (TPSA) is 78.4 Å². The largest absolute Gasteiger partial charge is 0.391 e. The number of amides is 2. The lowest BCUT2D eigenvalue weighted by atomic mass is 10.00. The SMILES string of the molecule is CC(C)C(NC(=O)c1cccs1)C(=O)NCC(O)C1CCCC1. The van der Waals surface area contributed by atoms with E-state index < -0.39 is 12.1 Å². The van der Waals surface area contributed by atoms with Crippen molar-refractivity contribution in [3.8, 4) is 0 Å². The summed E-state index contributed by atoms with van der Waals surface area (Å²) in [7, 11) is 0. The van der Waals surface area contributed by atoms with Crippen LogP contribution < -0.4 is 10.6 Å². The van der Waals surface area contributed by atoms with Gasteiger partial charge in [-0.15, -0.1) is 11.3 Å². The summed E-state index contributed by atoms with van der Waals surface area (Å²) in [5, 5.41) is 17.6. The molecule has 0 spiro atoms. The maximum Gasteiger partial charge on any atom is 0.262 e. The first-order valence-corrected chi connectivity index (χ1v) is 9.17. The normalized spacial score (nSPS) is 17.9. The lowest BCUT2D eigenvalue weighted by molar-refractivity contribution is -0.124. The number of carbonyl (C=O) groups is 2. The first kappa shape index (κ1) is 17.9. The van der Waals surface area contributed by atoms with Gasteiger partial charge in [0.25, 0.3) is 5.91 Å². The molecule has 0 bridgehead atoms. The fourth-order valence-corrected chi connectivity index (χ4v) is 3.61. The van der Waals surface area contributed by atoms with Gasteiger partial charge in [-0.1, -0.05) is 32.8 Å². The summed E-state index contributed by atoms with van der Waals surface area (Å²) in [4.78, 5) is 25.1. The Kier molecular flexibility index (Phi) is 6.59. The van der Waals surface area contributed by atoms with Gasteiger partial charge in [0.2, 0.25) is 5.91 Å². The Morgan fingerprint density at radius 2 is 2.04 bits per heavy atom. The summed E-state index contributed by atoms with van der Waals surface area (Å²) in [5.41, 5.74) is 0. The highest BCUT2D eigenvalue weighted by Gasteiger charge is 2.27. The summed E-state index contributed by atoms with van der Waals surface area (Å²) in [5.74, 6) is -0.205.